The molecule has 0 radical (unpaired) electrons. The lowest BCUT2D eigenvalue weighted by Gasteiger charge is -2.29. The van der Waals surface area contributed by atoms with Gasteiger partial charge in [-0.25, -0.2) is 4.79 Å². The molecule has 0 aromatic heterocycles. The number of hydrogen-bond acceptors (Lipinski definition) is 7. The number of carbonyl (C=O) groups is 1. The van der Waals surface area contributed by atoms with Crippen LogP contribution in [0.2, 0.25) is 0 Å². The zero-order chi connectivity index (χ0) is 23.1. The van der Waals surface area contributed by atoms with E-state index in [0.29, 0.717) is 12.1 Å². The molecule has 0 fully saturated rings. The Labute approximate surface area is 159 Å². The van der Waals surface area contributed by atoms with Crippen molar-refractivity contribution in [2.45, 2.75) is 23.4 Å². The lowest BCUT2D eigenvalue weighted by Crippen LogP contribution is -2.61. The molecule has 0 aliphatic heterocycles. The Kier molecular flexibility index (Phi) is 6.38. The minimum absolute atomic E-state index is 0.0467. The highest BCUT2D eigenvalue weighted by Crippen LogP contribution is 2.50. The van der Waals surface area contributed by atoms with Crippen LogP contribution < -0.4 is 8.92 Å². The first kappa shape index (κ1) is 24.7. The van der Waals surface area contributed by atoms with Crippen molar-refractivity contribution in [3.63, 3.8) is 0 Å². The minimum Gasteiger partial charge on any atom is -0.423 e. The van der Waals surface area contributed by atoms with Gasteiger partial charge in [-0.15, -0.1) is 0 Å². The monoisotopic (exact) mass is 472 g/mol. The van der Waals surface area contributed by atoms with Crippen LogP contribution in [0.3, 0.4) is 0 Å². The van der Waals surface area contributed by atoms with Crippen molar-refractivity contribution < 1.29 is 61.4 Å². The van der Waals surface area contributed by atoms with E-state index in [1.807, 2.05) is 0 Å². The maximum Gasteiger partial charge on any atom is 0.450 e. The van der Waals surface area contributed by atoms with Gasteiger partial charge in [-0.2, -0.15) is 43.2 Å². The maximum atomic E-state index is 13.6. The summed E-state index contributed by atoms with van der Waals surface area (Å²) in [5, 5.41) is -13.7. The quantitative estimate of drug-likeness (QED) is 0.153. The fourth-order valence-electron chi connectivity index (χ4n) is 1.42. The summed E-state index contributed by atoms with van der Waals surface area (Å²) in [6.07, 6.45) is 0. The SMILES string of the molecule is C=C(C)C(=O)Oc1ccc(OS(=O)(=O)C(F)(F)C(F)(F)C(F)(F)S(=O)(=O)O)cc1. The lowest BCUT2D eigenvalue weighted by molar-refractivity contribution is -0.247. The first-order valence-electron chi connectivity index (χ1n) is 6.80. The van der Waals surface area contributed by atoms with Crippen molar-refractivity contribution in [1.82, 2.24) is 0 Å². The molecule has 0 aliphatic rings. The average Bonchev–Trinajstić information content (AvgIpc) is 2.54. The van der Waals surface area contributed by atoms with Crippen LogP contribution in [0.15, 0.2) is 36.4 Å². The van der Waals surface area contributed by atoms with Crippen molar-refractivity contribution >= 4 is 26.2 Å². The molecule has 0 atom stereocenters. The van der Waals surface area contributed by atoms with Gasteiger partial charge in [0.25, 0.3) is 0 Å². The average molecular weight is 472 g/mol. The Balaban J connectivity index is 3.22. The standard InChI is InChI=1S/C13H10F6O8S2/c1-7(2)10(20)26-8-3-5-9(6-4-8)27-29(24,25)13(18,19)11(14,15)12(16,17)28(21,22)23/h3-6H,1H2,2H3,(H,21,22,23). The van der Waals surface area contributed by atoms with Crippen LogP contribution in [0.1, 0.15) is 6.92 Å². The number of benzene rings is 1. The van der Waals surface area contributed by atoms with Gasteiger partial charge in [0.05, 0.1) is 0 Å². The largest absolute Gasteiger partial charge is 0.450 e. The predicted molar refractivity (Wildman–Crippen MR) is 82.8 cm³/mol. The van der Waals surface area contributed by atoms with Gasteiger partial charge in [0.1, 0.15) is 11.5 Å². The first-order valence-corrected chi connectivity index (χ1v) is 9.65. The second-order valence-corrected chi connectivity index (χ2v) is 8.31. The molecule has 0 spiro atoms. The van der Waals surface area contributed by atoms with Crippen LogP contribution in [0, 0.1) is 0 Å². The van der Waals surface area contributed by atoms with Gasteiger partial charge < -0.3 is 8.92 Å². The third-order valence-electron chi connectivity index (χ3n) is 2.96. The van der Waals surface area contributed by atoms with Crippen molar-refractivity contribution in [3.05, 3.63) is 36.4 Å². The van der Waals surface area contributed by atoms with Crippen LogP contribution >= 0.6 is 0 Å². The fraction of sp³-hybridized carbons (Fsp3) is 0.308. The van der Waals surface area contributed by atoms with Gasteiger partial charge in [0.15, 0.2) is 0 Å². The molecule has 0 bridgehead atoms. The molecule has 1 aromatic carbocycles. The number of alkyl halides is 6. The predicted octanol–water partition coefficient (Wildman–Crippen LogP) is 2.59. The van der Waals surface area contributed by atoms with Crippen LogP contribution in [0.25, 0.3) is 0 Å². The number of esters is 1. The van der Waals surface area contributed by atoms with Gasteiger partial charge in [0, 0.05) is 5.57 Å². The summed E-state index contributed by atoms with van der Waals surface area (Å²) in [4.78, 5) is 11.3. The number of ether oxygens (including phenoxy) is 1. The molecule has 0 aliphatic carbocycles. The van der Waals surface area contributed by atoms with E-state index in [-0.39, 0.29) is 11.3 Å². The highest BCUT2D eigenvalue weighted by Gasteiger charge is 2.83. The Morgan fingerprint density at radius 2 is 1.34 bits per heavy atom. The highest BCUT2D eigenvalue weighted by molar-refractivity contribution is 7.88. The number of rotatable bonds is 8. The molecule has 0 saturated heterocycles. The summed E-state index contributed by atoms with van der Waals surface area (Å²) in [7, 11) is -14.1. The zero-order valence-electron chi connectivity index (χ0n) is 13.9. The number of carbonyl (C=O) groups excluding carboxylic acids is 1. The second-order valence-electron chi connectivity index (χ2n) is 5.26. The number of halogens is 6. The van der Waals surface area contributed by atoms with Gasteiger partial charge in [-0.05, 0) is 31.2 Å². The molecule has 1 rings (SSSR count). The summed E-state index contributed by atoms with van der Waals surface area (Å²) in [5.74, 6) is -9.43. The van der Waals surface area contributed by atoms with Crippen LogP contribution in [0.5, 0.6) is 11.5 Å². The molecule has 0 saturated carbocycles. The normalized spacial score (nSPS) is 13.7. The van der Waals surface area contributed by atoms with Gasteiger partial charge >= 0.3 is 42.6 Å². The van der Waals surface area contributed by atoms with Crippen LogP contribution in [0.4, 0.5) is 26.3 Å². The molecule has 8 nitrogen and oxygen atoms in total. The molecule has 164 valence electrons. The van der Waals surface area contributed by atoms with Gasteiger partial charge in [-0.1, -0.05) is 6.58 Å². The Morgan fingerprint density at radius 1 is 0.931 bits per heavy atom. The Morgan fingerprint density at radius 3 is 1.72 bits per heavy atom. The number of hydrogen-bond donors (Lipinski definition) is 1. The molecule has 16 heteroatoms. The summed E-state index contributed by atoms with van der Waals surface area (Å²) >= 11 is 0. The van der Waals surface area contributed by atoms with Crippen molar-refractivity contribution in [2.75, 3.05) is 0 Å². The maximum absolute atomic E-state index is 13.6. The van der Waals surface area contributed by atoms with E-state index in [1.165, 1.54) is 6.92 Å². The zero-order valence-corrected chi connectivity index (χ0v) is 15.5. The van der Waals surface area contributed by atoms with E-state index in [4.69, 9.17) is 4.55 Å². The van der Waals surface area contributed by atoms with Gasteiger partial charge in [-0.3, -0.25) is 4.55 Å². The smallest absolute Gasteiger partial charge is 0.423 e. The molecule has 1 aromatic rings. The molecule has 29 heavy (non-hydrogen) atoms. The summed E-state index contributed by atoms with van der Waals surface area (Å²) in [6, 6.07) is 2.62. The van der Waals surface area contributed by atoms with Crippen LogP contribution in [-0.4, -0.2) is 43.8 Å². The third kappa shape index (κ3) is 4.48. The first-order chi connectivity index (χ1) is 12.8. The van der Waals surface area contributed by atoms with E-state index in [9.17, 15) is 48.0 Å². The van der Waals surface area contributed by atoms with Crippen molar-refractivity contribution in [2.24, 2.45) is 0 Å². The highest BCUT2D eigenvalue weighted by atomic mass is 32.2. The van der Waals surface area contributed by atoms with E-state index in [2.05, 4.69) is 15.5 Å². The lowest BCUT2D eigenvalue weighted by atomic mass is 10.3. The van der Waals surface area contributed by atoms with E-state index in [1.54, 1.807) is 0 Å². The van der Waals surface area contributed by atoms with E-state index >= 15 is 0 Å². The van der Waals surface area contributed by atoms with E-state index in [0.717, 1.165) is 12.1 Å². The van der Waals surface area contributed by atoms with Crippen molar-refractivity contribution in [3.8, 4) is 11.5 Å². The van der Waals surface area contributed by atoms with Crippen LogP contribution in [-0.2, 0) is 25.0 Å². The summed E-state index contributed by atoms with van der Waals surface area (Å²) in [6.45, 7) is 4.52. The molecular weight excluding hydrogens is 462 g/mol. The topological polar surface area (TPSA) is 124 Å². The minimum atomic E-state index is -7.14. The molecular formula is C13H10F6O8S2. The summed E-state index contributed by atoms with van der Waals surface area (Å²) < 4.78 is 140. The summed E-state index contributed by atoms with van der Waals surface area (Å²) in [5.41, 5.74) is -0.0467. The Hall–Kier alpha value is -2.33. The van der Waals surface area contributed by atoms with E-state index < -0.39 is 48.4 Å². The van der Waals surface area contributed by atoms with Crippen molar-refractivity contribution in [1.29, 1.82) is 0 Å². The molecule has 0 unspecified atom stereocenters. The third-order valence-corrected chi connectivity index (χ3v) is 5.16. The fourth-order valence-corrected chi connectivity index (χ4v) is 2.85. The second kappa shape index (κ2) is 7.49. The van der Waals surface area contributed by atoms with Gasteiger partial charge in [0.2, 0.25) is 0 Å². The molecule has 0 heterocycles. The Bertz CT molecular complexity index is 1020. The molecule has 1 N–H and O–H groups in total. The molecule has 0 amide bonds.